The molecule has 0 saturated carbocycles. The van der Waals surface area contributed by atoms with Gasteiger partial charge in [0.25, 0.3) is 0 Å². The van der Waals surface area contributed by atoms with Crippen LogP contribution in [0.2, 0.25) is 0 Å². The fourth-order valence-electron chi connectivity index (χ4n) is 3.13. The summed E-state index contributed by atoms with van der Waals surface area (Å²) < 4.78 is 20.7. The quantitative estimate of drug-likeness (QED) is 0.370. The summed E-state index contributed by atoms with van der Waals surface area (Å²) in [5.74, 6) is -1.10. The van der Waals surface area contributed by atoms with Crippen molar-refractivity contribution < 1.29 is 27.9 Å². The van der Waals surface area contributed by atoms with Crippen LogP contribution >= 0.6 is 0 Å². The molecule has 9 heteroatoms. The SMILES string of the molecule is CCOC(=O)Nc1ccc2c(COC(=O)c3cc(=O)c4ccccc4o3)cc(=O)oc2c1. The van der Waals surface area contributed by atoms with Crippen molar-refractivity contribution in [3.63, 3.8) is 0 Å². The van der Waals surface area contributed by atoms with Gasteiger partial charge in [-0.1, -0.05) is 12.1 Å². The van der Waals surface area contributed by atoms with Crippen LogP contribution < -0.4 is 16.4 Å². The Bertz CT molecular complexity index is 1450. The maximum Gasteiger partial charge on any atom is 0.411 e. The van der Waals surface area contributed by atoms with Gasteiger partial charge in [-0.15, -0.1) is 0 Å². The molecule has 2 aromatic carbocycles. The summed E-state index contributed by atoms with van der Waals surface area (Å²) in [7, 11) is 0. The molecule has 0 aliphatic rings. The fourth-order valence-corrected chi connectivity index (χ4v) is 3.13. The normalized spacial score (nSPS) is 10.8. The van der Waals surface area contributed by atoms with Gasteiger partial charge in [-0.2, -0.15) is 0 Å². The molecule has 0 bridgehead atoms. The van der Waals surface area contributed by atoms with E-state index in [0.717, 1.165) is 6.07 Å². The van der Waals surface area contributed by atoms with Crippen molar-refractivity contribution in [3.05, 3.63) is 86.6 Å². The summed E-state index contributed by atoms with van der Waals surface area (Å²) in [6, 6.07) is 13.5. The summed E-state index contributed by atoms with van der Waals surface area (Å²) in [6.07, 6.45) is -0.642. The highest BCUT2D eigenvalue weighted by Gasteiger charge is 2.16. The lowest BCUT2D eigenvalue weighted by atomic mass is 10.1. The van der Waals surface area contributed by atoms with E-state index in [-0.39, 0.29) is 35.6 Å². The summed E-state index contributed by atoms with van der Waals surface area (Å²) in [4.78, 5) is 48.2. The minimum Gasteiger partial charge on any atom is -0.455 e. The second-order valence-electron chi connectivity index (χ2n) is 6.69. The molecule has 0 saturated heterocycles. The van der Waals surface area contributed by atoms with E-state index in [9.17, 15) is 19.2 Å². The molecule has 9 nitrogen and oxygen atoms in total. The lowest BCUT2D eigenvalue weighted by Crippen LogP contribution is -2.13. The topological polar surface area (TPSA) is 125 Å². The van der Waals surface area contributed by atoms with E-state index in [4.69, 9.17) is 18.3 Å². The van der Waals surface area contributed by atoms with Gasteiger partial charge in [0.15, 0.2) is 5.43 Å². The Morgan fingerprint density at radius 2 is 1.72 bits per heavy atom. The number of anilines is 1. The molecular weight excluding hydrogens is 418 g/mol. The van der Waals surface area contributed by atoms with E-state index in [1.165, 1.54) is 12.1 Å². The molecule has 0 spiro atoms. The van der Waals surface area contributed by atoms with Crippen LogP contribution in [0.3, 0.4) is 0 Å². The smallest absolute Gasteiger partial charge is 0.411 e. The van der Waals surface area contributed by atoms with Gasteiger partial charge in [-0.25, -0.2) is 14.4 Å². The van der Waals surface area contributed by atoms with Crippen LogP contribution in [-0.4, -0.2) is 18.7 Å². The fraction of sp³-hybridized carbons (Fsp3) is 0.130. The molecule has 0 atom stereocenters. The van der Waals surface area contributed by atoms with Gasteiger partial charge in [0.2, 0.25) is 5.76 Å². The number of hydrogen-bond donors (Lipinski definition) is 1. The zero-order valence-corrected chi connectivity index (χ0v) is 16.9. The van der Waals surface area contributed by atoms with Crippen molar-refractivity contribution in [1.82, 2.24) is 0 Å². The molecule has 32 heavy (non-hydrogen) atoms. The third kappa shape index (κ3) is 4.36. The maximum absolute atomic E-state index is 12.5. The van der Waals surface area contributed by atoms with Gasteiger partial charge in [-0.3, -0.25) is 10.1 Å². The number of carbonyl (C=O) groups excluding carboxylic acids is 2. The molecule has 1 N–H and O–H groups in total. The Morgan fingerprint density at radius 1 is 0.906 bits per heavy atom. The van der Waals surface area contributed by atoms with Gasteiger partial charge in [0.1, 0.15) is 17.8 Å². The number of ether oxygens (including phenoxy) is 2. The Hall–Kier alpha value is -4.40. The molecule has 0 radical (unpaired) electrons. The van der Waals surface area contributed by atoms with Crippen LogP contribution in [0.25, 0.3) is 21.9 Å². The van der Waals surface area contributed by atoms with Gasteiger partial charge in [0.05, 0.1) is 12.0 Å². The van der Waals surface area contributed by atoms with E-state index in [2.05, 4.69) is 5.32 Å². The monoisotopic (exact) mass is 435 g/mol. The van der Waals surface area contributed by atoms with Crippen LogP contribution in [0.15, 0.2) is 73.0 Å². The molecule has 4 rings (SSSR count). The number of benzene rings is 2. The standard InChI is InChI=1S/C23H17NO8/c1-2-29-23(28)24-14-7-8-15-13(9-21(26)32-19(15)10-14)12-30-22(27)20-11-17(25)16-5-3-4-6-18(16)31-20/h3-11H,2,12H2,1H3,(H,24,28). The first-order valence-corrected chi connectivity index (χ1v) is 9.65. The highest BCUT2D eigenvalue weighted by molar-refractivity contribution is 5.91. The van der Waals surface area contributed by atoms with Crippen molar-refractivity contribution in [2.45, 2.75) is 13.5 Å². The zero-order valence-electron chi connectivity index (χ0n) is 16.9. The average molecular weight is 435 g/mol. The number of amides is 1. The number of hydrogen-bond acceptors (Lipinski definition) is 8. The zero-order chi connectivity index (χ0) is 22.7. The minimum absolute atomic E-state index is 0.190. The summed E-state index contributed by atoms with van der Waals surface area (Å²) in [5.41, 5.74) is 0.177. The summed E-state index contributed by atoms with van der Waals surface area (Å²) in [6.45, 7) is 1.62. The minimum atomic E-state index is -0.852. The van der Waals surface area contributed by atoms with Gasteiger partial charge in [0, 0.05) is 34.8 Å². The molecule has 2 aromatic heterocycles. The van der Waals surface area contributed by atoms with E-state index in [1.807, 2.05) is 0 Å². The number of para-hydroxylation sites is 1. The van der Waals surface area contributed by atoms with Crippen molar-refractivity contribution in [2.24, 2.45) is 0 Å². The first-order valence-electron chi connectivity index (χ1n) is 9.65. The molecule has 162 valence electrons. The van der Waals surface area contributed by atoms with Crippen molar-refractivity contribution in [3.8, 4) is 0 Å². The molecular formula is C23H17NO8. The molecule has 0 aliphatic carbocycles. The largest absolute Gasteiger partial charge is 0.455 e. The molecule has 4 aromatic rings. The second kappa shape index (κ2) is 8.76. The van der Waals surface area contributed by atoms with Gasteiger partial charge >= 0.3 is 17.7 Å². The van der Waals surface area contributed by atoms with E-state index in [0.29, 0.717) is 22.0 Å². The average Bonchev–Trinajstić information content (AvgIpc) is 2.77. The Balaban J connectivity index is 1.57. The molecule has 0 unspecified atom stereocenters. The molecule has 2 heterocycles. The van der Waals surface area contributed by atoms with E-state index < -0.39 is 17.7 Å². The first kappa shape index (κ1) is 20.9. The maximum atomic E-state index is 12.5. The van der Waals surface area contributed by atoms with Crippen molar-refractivity contribution in [2.75, 3.05) is 11.9 Å². The molecule has 0 fully saturated rings. The number of carbonyl (C=O) groups is 2. The molecule has 0 aliphatic heterocycles. The highest BCUT2D eigenvalue weighted by Crippen LogP contribution is 2.22. The lowest BCUT2D eigenvalue weighted by molar-refractivity contribution is 0.0437. The number of rotatable bonds is 5. The predicted octanol–water partition coefficient (Wildman–Crippen LogP) is 3.82. The third-order valence-electron chi connectivity index (χ3n) is 4.55. The Morgan fingerprint density at radius 3 is 2.53 bits per heavy atom. The second-order valence-corrected chi connectivity index (χ2v) is 6.69. The number of esters is 1. The van der Waals surface area contributed by atoms with Crippen molar-refractivity contribution in [1.29, 1.82) is 0 Å². The summed E-state index contributed by atoms with van der Waals surface area (Å²) in [5, 5.41) is 3.37. The first-order chi connectivity index (χ1) is 15.4. The number of nitrogens with one attached hydrogen (secondary N) is 1. The predicted molar refractivity (Wildman–Crippen MR) is 115 cm³/mol. The Kier molecular flexibility index (Phi) is 5.71. The number of fused-ring (bicyclic) bond motifs is 2. The van der Waals surface area contributed by atoms with E-state index >= 15 is 0 Å². The van der Waals surface area contributed by atoms with Crippen LogP contribution in [0, 0.1) is 0 Å². The molecule has 1 amide bonds. The van der Waals surface area contributed by atoms with Gasteiger partial charge in [-0.05, 0) is 31.2 Å². The van der Waals surface area contributed by atoms with Crippen LogP contribution in [0.1, 0.15) is 23.0 Å². The highest BCUT2D eigenvalue weighted by atomic mass is 16.5. The summed E-state index contributed by atoms with van der Waals surface area (Å²) >= 11 is 0. The van der Waals surface area contributed by atoms with Crippen LogP contribution in [0.4, 0.5) is 10.5 Å². The van der Waals surface area contributed by atoms with Crippen LogP contribution in [-0.2, 0) is 16.1 Å². The third-order valence-corrected chi connectivity index (χ3v) is 4.55. The van der Waals surface area contributed by atoms with Crippen LogP contribution in [0.5, 0.6) is 0 Å². The Labute approximate surface area is 180 Å². The lowest BCUT2D eigenvalue weighted by Gasteiger charge is -2.09. The van der Waals surface area contributed by atoms with Gasteiger partial charge < -0.3 is 18.3 Å². The van der Waals surface area contributed by atoms with E-state index in [1.54, 1.807) is 43.3 Å². The van der Waals surface area contributed by atoms with Crippen molar-refractivity contribution >= 4 is 39.7 Å².